The van der Waals surface area contributed by atoms with Crippen molar-refractivity contribution in [3.63, 3.8) is 0 Å². The zero-order valence-corrected chi connectivity index (χ0v) is 15.3. The fourth-order valence-electron chi connectivity index (χ4n) is 3.04. The highest BCUT2D eigenvalue weighted by molar-refractivity contribution is 6.06. The smallest absolute Gasteiger partial charge is 0.367 e. The van der Waals surface area contributed by atoms with E-state index in [4.69, 9.17) is 0 Å². The number of hydrogen-bond donors (Lipinski definition) is 1. The molecule has 27 heavy (non-hydrogen) atoms. The van der Waals surface area contributed by atoms with Crippen molar-refractivity contribution >= 4 is 17.3 Å². The minimum atomic E-state index is -4.47. The van der Waals surface area contributed by atoms with Crippen molar-refractivity contribution in [1.29, 1.82) is 0 Å². The maximum absolute atomic E-state index is 13.2. The van der Waals surface area contributed by atoms with Gasteiger partial charge in [-0.15, -0.1) is 0 Å². The van der Waals surface area contributed by atoms with E-state index in [1.54, 1.807) is 24.3 Å². The number of piperazine rings is 1. The molecule has 0 unspecified atom stereocenters. The molecule has 1 fully saturated rings. The van der Waals surface area contributed by atoms with Crippen LogP contribution < -0.4 is 10.2 Å². The van der Waals surface area contributed by atoms with Gasteiger partial charge in [0.25, 0.3) is 5.91 Å². The third kappa shape index (κ3) is 4.60. The van der Waals surface area contributed by atoms with Gasteiger partial charge in [0.1, 0.15) is 0 Å². The lowest BCUT2D eigenvalue weighted by molar-refractivity contribution is -0.137. The van der Waals surface area contributed by atoms with Gasteiger partial charge >= 0.3 is 6.18 Å². The van der Waals surface area contributed by atoms with Crippen molar-refractivity contribution in [2.45, 2.75) is 13.1 Å². The highest BCUT2D eigenvalue weighted by Crippen LogP contribution is 2.36. The van der Waals surface area contributed by atoms with Crippen molar-refractivity contribution in [1.82, 2.24) is 4.90 Å². The summed E-state index contributed by atoms with van der Waals surface area (Å²) in [6, 6.07) is 10.4. The van der Waals surface area contributed by atoms with Crippen LogP contribution in [0.4, 0.5) is 24.5 Å². The van der Waals surface area contributed by atoms with E-state index >= 15 is 0 Å². The van der Waals surface area contributed by atoms with Gasteiger partial charge in [-0.25, -0.2) is 0 Å². The molecule has 0 spiro atoms. The average Bonchev–Trinajstić information content (AvgIpc) is 2.62. The van der Waals surface area contributed by atoms with E-state index in [1.165, 1.54) is 6.07 Å². The molecular weight excluding hydrogens is 355 g/mol. The Balaban J connectivity index is 1.92. The average molecular weight is 377 g/mol. The number of alkyl halides is 3. The first-order valence-electron chi connectivity index (χ1n) is 8.77. The molecule has 1 aliphatic rings. The van der Waals surface area contributed by atoms with Crippen molar-refractivity contribution in [3.05, 3.63) is 59.2 Å². The molecule has 0 aromatic heterocycles. The normalized spacial score (nSPS) is 15.7. The van der Waals surface area contributed by atoms with Crippen LogP contribution in [0.3, 0.4) is 0 Å². The van der Waals surface area contributed by atoms with Crippen molar-refractivity contribution < 1.29 is 18.0 Å². The molecule has 1 amide bonds. The number of likely N-dealkylation sites (N-methyl/N-ethyl adjacent to an activating group) is 1. The first-order chi connectivity index (χ1) is 12.7. The quantitative estimate of drug-likeness (QED) is 0.878. The lowest BCUT2D eigenvalue weighted by Crippen LogP contribution is -2.44. The molecule has 1 aliphatic heterocycles. The topological polar surface area (TPSA) is 35.6 Å². The predicted molar refractivity (Wildman–Crippen MR) is 100 cm³/mol. The van der Waals surface area contributed by atoms with Crippen LogP contribution in [0.1, 0.15) is 21.5 Å². The number of benzene rings is 2. The number of anilines is 2. The third-order valence-corrected chi connectivity index (χ3v) is 4.73. The van der Waals surface area contributed by atoms with Gasteiger partial charge in [-0.3, -0.25) is 4.79 Å². The maximum Gasteiger partial charge on any atom is 0.416 e. The Morgan fingerprint density at radius 2 is 1.63 bits per heavy atom. The first kappa shape index (κ1) is 19.2. The minimum Gasteiger partial charge on any atom is -0.367 e. The SMILES string of the molecule is Cc1ccc(C(=O)Nc2cc(C(F)(F)F)ccc2N2CCN(C)CC2)cc1. The summed E-state index contributed by atoms with van der Waals surface area (Å²) in [7, 11) is 2.00. The van der Waals surface area contributed by atoms with E-state index in [9.17, 15) is 18.0 Å². The number of amides is 1. The number of halogens is 3. The van der Waals surface area contributed by atoms with Gasteiger partial charge in [0.15, 0.2) is 0 Å². The van der Waals surface area contributed by atoms with Crippen LogP contribution in [0.2, 0.25) is 0 Å². The second-order valence-corrected chi connectivity index (χ2v) is 6.84. The molecule has 0 bridgehead atoms. The van der Waals surface area contributed by atoms with Crippen LogP contribution in [0.25, 0.3) is 0 Å². The Kier molecular flexibility index (Phi) is 5.41. The zero-order chi connectivity index (χ0) is 19.6. The molecule has 1 heterocycles. The number of aryl methyl sites for hydroxylation is 1. The Hall–Kier alpha value is -2.54. The van der Waals surface area contributed by atoms with E-state index in [0.29, 0.717) is 24.3 Å². The van der Waals surface area contributed by atoms with Crippen LogP contribution in [0, 0.1) is 6.92 Å². The van der Waals surface area contributed by atoms with Gasteiger partial charge in [-0.05, 0) is 44.3 Å². The number of nitrogens with one attached hydrogen (secondary N) is 1. The number of nitrogens with zero attached hydrogens (tertiary/aromatic N) is 2. The summed E-state index contributed by atoms with van der Waals surface area (Å²) in [6.07, 6.45) is -4.47. The van der Waals surface area contributed by atoms with E-state index in [1.807, 2.05) is 18.9 Å². The molecular formula is C20H22F3N3O. The molecule has 0 saturated carbocycles. The molecule has 1 N–H and O–H groups in total. The lowest BCUT2D eigenvalue weighted by Gasteiger charge is -2.35. The summed E-state index contributed by atoms with van der Waals surface area (Å²) in [6.45, 7) is 4.91. The standard InChI is InChI=1S/C20H22F3N3O/c1-14-3-5-15(6-4-14)19(27)24-17-13-16(20(21,22)23)7-8-18(17)26-11-9-25(2)10-12-26/h3-8,13H,9-12H2,1-2H3,(H,24,27). The Morgan fingerprint density at radius 1 is 1.00 bits per heavy atom. The van der Waals surface area contributed by atoms with Crippen molar-refractivity contribution in [2.75, 3.05) is 43.4 Å². The molecule has 3 rings (SSSR count). The third-order valence-electron chi connectivity index (χ3n) is 4.73. The van der Waals surface area contributed by atoms with Crippen LogP contribution in [-0.2, 0) is 6.18 Å². The molecule has 144 valence electrons. The minimum absolute atomic E-state index is 0.181. The monoisotopic (exact) mass is 377 g/mol. The second-order valence-electron chi connectivity index (χ2n) is 6.84. The molecule has 0 radical (unpaired) electrons. The molecule has 4 nitrogen and oxygen atoms in total. The van der Waals surface area contributed by atoms with Crippen LogP contribution in [-0.4, -0.2) is 44.0 Å². The van der Waals surface area contributed by atoms with Gasteiger partial charge in [0.05, 0.1) is 16.9 Å². The number of carbonyl (C=O) groups is 1. The molecule has 7 heteroatoms. The van der Waals surface area contributed by atoms with E-state index in [-0.39, 0.29) is 5.69 Å². The fraction of sp³-hybridized carbons (Fsp3) is 0.350. The molecule has 2 aromatic carbocycles. The van der Waals surface area contributed by atoms with Crippen LogP contribution >= 0.6 is 0 Å². The van der Waals surface area contributed by atoms with Crippen molar-refractivity contribution in [3.8, 4) is 0 Å². The van der Waals surface area contributed by atoms with Gasteiger partial charge < -0.3 is 15.1 Å². The zero-order valence-electron chi connectivity index (χ0n) is 15.3. The summed E-state index contributed by atoms with van der Waals surface area (Å²) < 4.78 is 39.5. The summed E-state index contributed by atoms with van der Waals surface area (Å²) >= 11 is 0. The summed E-state index contributed by atoms with van der Waals surface area (Å²) in [5, 5.41) is 2.67. The maximum atomic E-state index is 13.2. The Labute approximate surface area is 156 Å². The molecule has 0 aliphatic carbocycles. The Bertz CT molecular complexity index is 810. The van der Waals surface area contributed by atoms with E-state index < -0.39 is 17.6 Å². The van der Waals surface area contributed by atoms with Gasteiger partial charge in [-0.1, -0.05) is 17.7 Å². The Morgan fingerprint density at radius 3 is 2.22 bits per heavy atom. The van der Waals surface area contributed by atoms with Crippen molar-refractivity contribution in [2.24, 2.45) is 0 Å². The van der Waals surface area contributed by atoms with Gasteiger partial charge in [0.2, 0.25) is 0 Å². The number of rotatable bonds is 3. The number of hydrogen-bond acceptors (Lipinski definition) is 3. The van der Waals surface area contributed by atoms with E-state index in [0.717, 1.165) is 30.8 Å². The largest absolute Gasteiger partial charge is 0.416 e. The van der Waals surface area contributed by atoms with Crippen LogP contribution in [0.15, 0.2) is 42.5 Å². The van der Waals surface area contributed by atoms with Crippen LogP contribution in [0.5, 0.6) is 0 Å². The van der Waals surface area contributed by atoms with E-state index in [2.05, 4.69) is 10.2 Å². The predicted octanol–water partition coefficient (Wildman–Crippen LogP) is 4.02. The number of carbonyl (C=O) groups excluding carboxylic acids is 1. The van der Waals surface area contributed by atoms with Gasteiger partial charge in [-0.2, -0.15) is 13.2 Å². The first-order valence-corrected chi connectivity index (χ1v) is 8.77. The summed E-state index contributed by atoms with van der Waals surface area (Å²) in [5.74, 6) is -0.426. The second kappa shape index (κ2) is 7.60. The lowest BCUT2D eigenvalue weighted by atomic mass is 10.1. The fourth-order valence-corrected chi connectivity index (χ4v) is 3.04. The highest BCUT2D eigenvalue weighted by Gasteiger charge is 2.32. The highest BCUT2D eigenvalue weighted by atomic mass is 19.4. The molecule has 0 atom stereocenters. The molecule has 1 saturated heterocycles. The summed E-state index contributed by atoms with van der Waals surface area (Å²) in [5.41, 5.74) is 1.42. The molecule has 2 aromatic rings. The van der Waals surface area contributed by atoms with Gasteiger partial charge in [0, 0.05) is 31.7 Å². The summed E-state index contributed by atoms with van der Waals surface area (Å²) in [4.78, 5) is 16.7.